The molecule has 1 radical (unpaired) electrons. The Kier molecular flexibility index (Phi) is 6.98. The Morgan fingerprint density at radius 3 is 2.00 bits per heavy atom. The summed E-state index contributed by atoms with van der Waals surface area (Å²) in [6, 6.07) is 13.4. The molecule has 0 heterocycles. The largest absolute Gasteiger partial charge is 0.496 e. The number of carbonyl (C=O) groups is 1. The first-order chi connectivity index (χ1) is 9.65. The summed E-state index contributed by atoms with van der Waals surface area (Å²) in [6.07, 6.45) is 0. The number of hydrogen-bond donors (Lipinski definition) is 0. The van der Waals surface area contributed by atoms with Crippen LogP contribution in [-0.2, 0) is 0 Å². The Labute approximate surface area is 139 Å². The van der Waals surface area contributed by atoms with E-state index in [1.54, 1.807) is 14.2 Å². The van der Waals surface area contributed by atoms with E-state index in [0.717, 1.165) is 10.9 Å². The van der Waals surface area contributed by atoms with Crippen LogP contribution in [0.1, 0.15) is 15.9 Å². The maximum absolute atomic E-state index is 12.5. The van der Waals surface area contributed by atoms with Crippen molar-refractivity contribution in [2.75, 3.05) is 14.2 Å². The Morgan fingerprint density at radius 1 is 1.00 bits per heavy atom. The first kappa shape index (κ1) is 17.8. The van der Waals surface area contributed by atoms with Crippen molar-refractivity contribution in [1.82, 2.24) is 0 Å². The van der Waals surface area contributed by atoms with Gasteiger partial charge in [-0.2, -0.15) is 0 Å². The van der Waals surface area contributed by atoms with Crippen LogP contribution in [0, 0.1) is 6.92 Å². The SMILES string of the molecule is COc1cc(C)cc(OC)c1C(=O)Pc1ccccc1.[Li]. The van der Waals surface area contributed by atoms with Crippen LogP contribution in [0.3, 0.4) is 0 Å². The minimum atomic E-state index is 0. The van der Waals surface area contributed by atoms with Crippen LogP contribution < -0.4 is 14.8 Å². The molecule has 0 N–H and O–H groups in total. The molecule has 1 unspecified atom stereocenters. The van der Waals surface area contributed by atoms with Crippen LogP contribution in [0.2, 0.25) is 0 Å². The third kappa shape index (κ3) is 4.35. The molecule has 0 fully saturated rings. The van der Waals surface area contributed by atoms with E-state index in [1.165, 1.54) is 0 Å². The second-order valence-electron chi connectivity index (χ2n) is 4.36. The van der Waals surface area contributed by atoms with Crippen molar-refractivity contribution >= 4 is 38.3 Å². The molecule has 3 nitrogen and oxygen atoms in total. The number of benzene rings is 2. The number of rotatable bonds is 5. The van der Waals surface area contributed by atoms with Crippen molar-refractivity contribution < 1.29 is 14.3 Å². The van der Waals surface area contributed by atoms with Gasteiger partial charge in [0, 0.05) is 18.9 Å². The third-order valence-corrected chi connectivity index (χ3v) is 4.01. The predicted molar refractivity (Wildman–Crippen MR) is 88.8 cm³/mol. The molecule has 2 rings (SSSR count). The zero-order valence-electron chi connectivity index (χ0n) is 12.8. The molecule has 0 saturated heterocycles. The number of aryl methyl sites for hydroxylation is 1. The first-order valence-corrected chi connectivity index (χ1v) is 7.24. The van der Waals surface area contributed by atoms with Crippen LogP contribution in [0.15, 0.2) is 42.5 Å². The minimum Gasteiger partial charge on any atom is -0.496 e. The molecule has 2 aromatic rings. The topological polar surface area (TPSA) is 35.5 Å². The van der Waals surface area contributed by atoms with E-state index in [4.69, 9.17) is 9.47 Å². The summed E-state index contributed by atoms with van der Waals surface area (Å²) < 4.78 is 10.7. The molecule has 1 atom stereocenters. The Hall–Kier alpha value is -1.26. The van der Waals surface area contributed by atoms with Crippen molar-refractivity contribution in [1.29, 1.82) is 0 Å². The van der Waals surface area contributed by atoms with Gasteiger partial charge in [0.15, 0.2) is 5.52 Å². The number of ether oxygens (including phenoxy) is 2. The summed E-state index contributed by atoms with van der Waals surface area (Å²) in [6.45, 7) is 1.94. The molecule has 0 amide bonds. The van der Waals surface area contributed by atoms with Gasteiger partial charge in [-0.25, -0.2) is 0 Å². The van der Waals surface area contributed by atoms with Crippen LogP contribution in [0.5, 0.6) is 11.5 Å². The molecule has 0 bridgehead atoms. The number of hydrogen-bond acceptors (Lipinski definition) is 3. The smallest absolute Gasteiger partial charge is 0.193 e. The predicted octanol–water partition coefficient (Wildman–Crippen LogP) is 2.78. The Bertz CT molecular complexity index is 589. The van der Waals surface area contributed by atoms with Gasteiger partial charge in [0.1, 0.15) is 17.1 Å². The number of carbonyl (C=O) groups excluding carboxylic acids is 1. The molecule has 105 valence electrons. The molecule has 0 aliphatic heterocycles. The fourth-order valence-corrected chi connectivity index (χ4v) is 2.97. The molecule has 0 saturated carbocycles. The molecule has 5 heteroatoms. The van der Waals surface area contributed by atoms with Gasteiger partial charge >= 0.3 is 0 Å². The average molecular weight is 295 g/mol. The van der Waals surface area contributed by atoms with Crippen molar-refractivity contribution in [2.24, 2.45) is 0 Å². The monoisotopic (exact) mass is 295 g/mol. The Morgan fingerprint density at radius 2 is 1.52 bits per heavy atom. The quantitative estimate of drug-likeness (QED) is 0.628. The van der Waals surface area contributed by atoms with Gasteiger partial charge in [-0.05, 0) is 38.5 Å². The van der Waals surface area contributed by atoms with Gasteiger partial charge in [0.2, 0.25) is 0 Å². The fraction of sp³-hybridized carbons (Fsp3) is 0.188. The summed E-state index contributed by atoms with van der Waals surface area (Å²) in [7, 11) is 3.18. The summed E-state index contributed by atoms with van der Waals surface area (Å²) in [5, 5.41) is 1.00. The summed E-state index contributed by atoms with van der Waals surface area (Å²) in [4.78, 5) is 12.5. The van der Waals surface area contributed by atoms with E-state index in [2.05, 4.69) is 0 Å². The normalized spacial score (nSPS) is 10.2. The van der Waals surface area contributed by atoms with E-state index in [0.29, 0.717) is 17.1 Å². The van der Waals surface area contributed by atoms with Gasteiger partial charge in [-0.1, -0.05) is 30.3 Å². The van der Waals surface area contributed by atoms with Crippen molar-refractivity contribution in [3.05, 3.63) is 53.6 Å². The second-order valence-corrected chi connectivity index (χ2v) is 5.65. The zero-order chi connectivity index (χ0) is 14.5. The summed E-state index contributed by atoms with van der Waals surface area (Å²) in [5.41, 5.74) is 1.53. The van der Waals surface area contributed by atoms with Gasteiger partial charge in [0.05, 0.1) is 14.2 Å². The first-order valence-electron chi connectivity index (χ1n) is 6.24. The summed E-state index contributed by atoms with van der Waals surface area (Å²) >= 11 is 0. The summed E-state index contributed by atoms with van der Waals surface area (Å²) in [5.74, 6) is 1.13. The van der Waals surface area contributed by atoms with Crippen molar-refractivity contribution in [2.45, 2.75) is 6.92 Å². The average Bonchev–Trinajstić information content (AvgIpc) is 2.46. The van der Waals surface area contributed by atoms with Crippen molar-refractivity contribution in [3.8, 4) is 11.5 Å². The second kappa shape index (κ2) is 8.25. The standard InChI is InChI=1S/C16H17O3P.Li/c1-11-9-13(18-2)15(14(10-11)19-3)16(17)20-12-7-5-4-6-8-12;/h4-10,20H,1-3H3;. The van der Waals surface area contributed by atoms with Gasteiger partial charge in [-0.15, -0.1) is 0 Å². The zero-order valence-corrected chi connectivity index (χ0v) is 13.8. The molecule has 0 aliphatic carbocycles. The number of methoxy groups -OCH3 is 2. The molecule has 21 heavy (non-hydrogen) atoms. The van der Waals surface area contributed by atoms with Gasteiger partial charge in [-0.3, -0.25) is 4.79 Å². The van der Waals surface area contributed by atoms with E-state index in [1.807, 2.05) is 49.4 Å². The third-order valence-electron chi connectivity index (χ3n) is 2.91. The molecule has 0 aromatic heterocycles. The van der Waals surface area contributed by atoms with Crippen LogP contribution in [0.4, 0.5) is 0 Å². The van der Waals surface area contributed by atoms with Crippen LogP contribution in [0.25, 0.3) is 0 Å². The van der Waals surface area contributed by atoms with E-state index in [9.17, 15) is 4.79 Å². The maximum atomic E-state index is 12.5. The van der Waals surface area contributed by atoms with Gasteiger partial charge in [0.25, 0.3) is 0 Å². The minimum absolute atomic E-state index is 0. The van der Waals surface area contributed by atoms with E-state index < -0.39 is 0 Å². The van der Waals surface area contributed by atoms with E-state index >= 15 is 0 Å². The molecular formula is C16H17LiO3P. The molecular weight excluding hydrogens is 278 g/mol. The van der Waals surface area contributed by atoms with Crippen molar-refractivity contribution in [3.63, 3.8) is 0 Å². The van der Waals surface area contributed by atoms with Crippen LogP contribution >= 0.6 is 8.58 Å². The molecule has 0 aliphatic rings. The van der Waals surface area contributed by atoms with Crippen LogP contribution in [-0.4, -0.2) is 38.6 Å². The van der Waals surface area contributed by atoms with Gasteiger partial charge < -0.3 is 9.47 Å². The molecule has 0 spiro atoms. The Balaban J connectivity index is 0.00000220. The fourth-order valence-electron chi connectivity index (χ4n) is 1.98. The maximum Gasteiger partial charge on any atom is 0.193 e. The molecule has 2 aromatic carbocycles. The van der Waals surface area contributed by atoms with E-state index in [-0.39, 0.29) is 33.0 Å².